The molecule has 1 saturated carbocycles. The summed E-state index contributed by atoms with van der Waals surface area (Å²) in [5.74, 6) is -0.204. The normalized spacial score (nSPS) is 17.9. The fourth-order valence-corrected chi connectivity index (χ4v) is 2.86. The Morgan fingerprint density at radius 1 is 1.50 bits per heavy atom. The molecule has 0 aromatic carbocycles. The summed E-state index contributed by atoms with van der Waals surface area (Å²) >= 11 is 0. The molecule has 8 nitrogen and oxygen atoms in total. The Balaban J connectivity index is 1.98. The van der Waals surface area contributed by atoms with Gasteiger partial charge in [0.2, 0.25) is 5.91 Å². The number of H-pyrrole nitrogens is 1. The molecule has 5 N–H and O–H groups in total. The number of hydrogen-bond acceptors (Lipinski definition) is 5. The van der Waals surface area contributed by atoms with Crippen molar-refractivity contribution in [1.82, 2.24) is 15.3 Å². The maximum absolute atomic E-state index is 12.6. The monoisotopic (exact) mass is 310 g/mol. The predicted octanol–water partition coefficient (Wildman–Crippen LogP) is 0.0850. The van der Waals surface area contributed by atoms with Crippen molar-refractivity contribution in [1.29, 1.82) is 0 Å². The molecule has 122 valence electrons. The molecule has 2 amide bonds. The topological polar surface area (TPSA) is 130 Å². The number of primary amides is 1. The van der Waals surface area contributed by atoms with E-state index in [-0.39, 0.29) is 19.1 Å². The zero-order chi connectivity index (χ0) is 16.0. The highest BCUT2D eigenvalue weighted by atomic mass is 16.5. The summed E-state index contributed by atoms with van der Waals surface area (Å²) in [6.45, 7) is -0.201. The zero-order valence-electron chi connectivity index (χ0n) is 12.4. The highest BCUT2D eigenvalue weighted by Gasteiger charge is 2.43. The number of amides is 2. The fraction of sp³-hybridized carbons (Fsp3) is 0.643. The third-order valence-corrected chi connectivity index (χ3v) is 4.11. The molecule has 2 rings (SSSR count). The standard InChI is InChI=1S/C14H22N4O4/c15-13(21)22-8-14(3-1-2-4-14)12(20)18-11(7-19)5-10-6-16-9-17-10/h6,9,11,19H,1-5,7-8H2,(H2,15,21)(H,16,17)(H,18,20). The summed E-state index contributed by atoms with van der Waals surface area (Å²) in [7, 11) is 0. The summed E-state index contributed by atoms with van der Waals surface area (Å²) in [5.41, 5.74) is 5.09. The van der Waals surface area contributed by atoms with Crippen LogP contribution < -0.4 is 11.1 Å². The second-order valence-corrected chi connectivity index (χ2v) is 5.73. The number of nitrogens with zero attached hydrogens (tertiary/aromatic N) is 1. The van der Waals surface area contributed by atoms with Gasteiger partial charge < -0.3 is 25.9 Å². The van der Waals surface area contributed by atoms with Crippen molar-refractivity contribution in [3.63, 3.8) is 0 Å². The largest absolute Gasteiger partial charge is 0.449 e. The second-order valence-electron chi connectivity index (χ2n) is 5.73. The van der Waals surface area contributed by atoms with E-state index in [0.29, 0.717) is 19.3 Å². The summed E-state index contributed by atoms with van der Waals surface area (Å²) in [6.07, 6.45) is 5.87. The molecule has 1 aliphatic rings. The lowest BCUT2D eigenvalue weighted by Gasteiger charge is -2.29. The molecule has 1 aromatic heterocycles. The number of ether oxygens (including phenoxy) is 1. The van der Waals surface area contributed by atoms with E-state index in [1.807, 2.05) is 0 Å². The molecule has 0 saturated heterocycles. The lowest BCUT2D eigenvalue weighted by molar-refractivity contribution is -0.134. The minimum Gasteiger partial charge on any atom is -0.449 e. The van der Waals surface area contributed by atoms with E-state index < -0.39 is 17.6 Å². The van der Waals surface area contributed by atoms with Crippen molar-refractivity contribution < 1.29 is 19.4 Å². The number of imidazole rings is 1. The maximum atomic E-state index is 12.6. The van der Waals surface area contributed by atoms with E-state index in [2.05, 4.69) is 15.3 Å². The third kappa shape index (κ3) is 3.97. The van der Waals surface area contributed by atoms with E-state index in [9.17, 15) is 14.7 Å². The lowest BCUT2D eigenvalue weighted by atomic mass is 9.85. The number of rotatable bonds is 7. The van der Waals surface area contributed by atoms with Crippen LogP contribution in [0.15, 0.2) is 12.5 Å². The average Bonchev–Trinajstić information content (AvgIpc) is 3.16. The van der Waals surface area contributed by atoms with Crippen LogP contribution in [-0.2, 0) is 16.0 Å². The molecular weight excluding hydrogens is 288 g/mol. The Labute approximate surface area is 128 Å². The average molecular weight is 310 g/mol. The van der Waals surface area contributed by atoms with Gasteiger partial charge in [0.05, 0.1) is 24.4 Å². The molecule has 1 atom stereocenters. The Morgan fingerprint density at radius 3 is 2.77 bits per heavy atom. The van der Waals surface area contributed by atoms with Gasteiger partial charge in [0.1, 0.15) is 6.61 Å². The lowest BCUT2D eigenvalue weighted by Crippen LogP contribution is -2.49. The Morgan fingerprint density at radius 2 is 2.23 bits per heavy atom. The summed E-state index contributed by atoms with van der Waals surface area (Å²) in [6, 6.07) is -0.418. The number of carbonyl (C=O) groups is 2. The summed E-state index contributed by atoms with van der Waals surface area (Å²) in [4.78, 5) is 30.3. The smallest absolute Gasteiger partial charge is 0.404 e. The van der Waals surface area contributed by atoms with Crippen molar-refractivity contribution in [2.24, 2.45) is 11.1 Å². The van der Waals surface area contributed by atoms with Gasteiger partial charge in [-0.3, -0.25) is 4.79 Å². The molecule has 1 unspecified atom stereocenters. The van der Waals surface area contributed by atoms with Crippen LogP contribution in [0.25, 0.3) is 0 Å². The maximum Gasteiger partial charge on any atom is 0.404 e. The van der Waals surface area contributed by atoms with Crippen molar-refractivity contribution in [2.75, 3.05) is 13.2 Å². The van der Waals surface area contributed by atoms with Crippen LogP contribution in [0.5, 0.6) is 0 Å². The summed E-state index contributed by atoms with van der Waals surface area (Å²) < 4.78 is 4.87. The first-order chi connectivity index (χ1) is 10.6. The van der Waals surface area contributed by atoms with Crippen LogP contribution in [0.1, 0.15) is 31.4 Å². The van der Waals surface area contributed by atoms with Crippen LogP contribution in [0, 0.1) is 5.41 Å². The molecule has 0 aliphatic heterocycles. The van der Waals surface area contributed by atoms with E-state index in [4.69, 9.17) is 10.5 Å². The molecule has 8 heteroatoms. The van der Waals surface area contributed by atoms with Crippen LogP contribution in [0.4, 0.5) is 4.79 Å². The first-order valence-electron chi connectivity index (χ1n) is 7.37. The highest BCUT2D eigenvalue weighted by Crippen LogP contribution is 2.38. The zero-order valence-corrected chi connectivity index (χ0v) is 12.4. The summed E-state index contributed by atoms with van der Waals surface area (Å²) in [5, 5.41) is 12.3. The van der Waals surface area contributed by atoms with E-state index in [0.717, 1.165) is 18.5 Å². The fourth-order valence-electron chi connectivity index (χ4n) is 2.86. The van der Waals surface area contributed by atoms with Gasteiger partial charge in [0, 0.05) is 18.3 Å². The number of aromatic nitrogens is 2. The first kappa shape index (κ1) is 16.3. The molecule has 1 aliphatic carbocycles. The Bertz CT molecular complexity index is 497. The van der Waals surface area contributed by atoms with E-state index in [1.165, 1.54) is 0 Å². The number of hydrogen-bond donors (Lipinski definition) is 4. The molecular formula is C14H22N4O4. The number of carbonyl (C=O) groups excluding carboxylic acids is 2. The molecule has 22 heavy (non-hydrogen) atoms. The Hall–Kier alpha value is -2.09. The van der Waals surface area contributed by atoms with Gasteiger partial charge in [0.15, 0.2) is 0 Å². The van der Waals surface area contributed by atoms with Crippen molar-refractivity contribution in [2.45, 2.75) is 38.1 Å². The molecule has 1 heterocycles. The van der Waals surface area contributed by atoms with Crippen molar-refractivity contribution >= 4 is 12.0 Å². The molecule has 1 aromatic rings. The number of aliphatic hydroxyl groups excluding tert-OH is 1. The van der Waals surface area contributed by atoms with Crippen LogP contribution in [0.2, 0.25) is 0 Å². The Kier molecular flexibility index (Phi) is 5.37. The van der Waals surface area contributed by atoms with Gasteiger partial charge in [-0.05, 0) is 12.8 Å². The molecule has 0 spiro atoms. The minimum absolute atomic E-state index is 0.0175. The van der Waals surface area contributed by atoms with Gasteiger partial charge in [-0.2, -0.15) is 0 Å². The van der Waals surface area contributed by atoms with Crippen molar-refractivity contribution in [3.8, 4) is 0 Å². The number of aliphatic hydroxyl groups is 1. The molecule has 1 fully saturated rings. The number of nitrogens with two attached hydrogens (primary N) is 1. The van der Waals surface area contributed by atoms with Gasteiger partial charge in [-0.25, -0.2) is 9.78 Å². The first-order valence-corrected chi connectivity index (χ1v) is 7.37. The molecule has 0 bridgehead atoms. The van der Waals surface area contributed by atoms with E-state index >= 15 is 0 Å². The number of nitrogens with one attached hydrogen (secondary N) is 2. The van der Waals surface area contributed by atoms with Gasteiger partial charge in [-0.15, -0.1) is 0 Å². The van der Waals surface area contributed by atoms with Crippen LogP contribution in [0.3, 0.4) is 0 Å². The van der Waals surface area contributed by atoms with Gasteiger partial charge >= 0.3 is 6.09 Å². The molecule has 0 radical (unpaired) electrons. The third-order valence-electron chi connectivity index (χ3n) is 4.11. The van der Waals surface area contributed by atoms with E-state index in [1.54, 1.807) is 12.5 Å². The van der Waals surface area contributed by atoms with Gasteiger partial charge in [0.25, 0.3) is 0 Å². The van der Waals surface area contributed by atoms with Crippen molar-refractivity contribution in [3.05, 3.63) is 18.2 Å². The number of aromatic amines is 1. The second kappa shape index (κ2) is 7.26. The highest BCUT2D eigenvalue weighted by molar-refractivity contribution is 5.83. The predicted molar refractivity (Wildman–Crippen MR) is 77.7 cm³/mol. The SMILES string of the molecule is NC(=O)OCC1(C(=O)NC(CO)Cc2cnc[nH]2)CCCC1. The van der Waals surface area contributed by atoms with Crippen LogP contribution >= 0.6 is 0 Å². The van der Waals surface area contributed by atoms with Gasteiger partial charge in [-0.1, -0.05) is 12.8 Å². The minimum atomic E-state index is -0.879. The quantitative estimate of drug-likeness (QED) is 0.567. The van der Waals surface area contributed by atoms with Crippen LogP contribution in [-0.4, -0.2) is 46.3 Å².